The van der Waals surface area contributed by atoms with Gasteiger partial charge in [-0.3, -0.25) is 4.57 Å². The fourth-order valence-electron chi connectivity index (χ4n) is 3.32. The minimum Gasteiger partial charge on any atom is -0.497 e. The Morgan fingerprint density at radius 2 is 1.97 bits per heavy atom. The van der Waals surface area contributed by atoms with E-state index in [1.54, 1.807) is 7.11 Å². The zero-order valence-electron chi connectivity index (χ0n) is 16.9. The smallest absolute Gasteiger partial charge is 0.274 e. The highest BCUT2D eigenvalue weighted by Gasteiger charge is 2.44. The van der Waals surface area contributed by atoms with Gasteiger partial charge in [-0.25, -0.2) is 20.1 Å². The van der Waals surface area contributed by atoms with E-state index in [2.05, 4.69) is 19.7 Å². The second-order valence-corrected chi connectivity index (χ2v) is 9.42. The first kappa shape index (κ1) is 22.8. The predicted octanol–water partition coefficient (Wildman–Crippen LogP) is -0.460. The molecule has 1 fully saturated rings. The third-order valence-corrected chi connectivity index (χ3v) is 6.58. The van der Waals surface area contributed by atoms with Crippen LogP contribution < -0.4 is 14.6 Å². The number of thioether (sulfide) groups is 1. The first-order chi connectivity index (χ1) is 15.3. The Bertz CT molecular complexity index is 1190. The van der Waals surface area contributed by atoms with E-state index in [1.807, 2.05) is 24.3 Å². The van der Waals surface area contributed by atoms with E-state index in [0.717, 1.165) is 11.3 Å². The van der Waals surface area contributed by atoms with E-state index in [1.165, 1.54) is 29.0 Å². The van der Waals surface area contributed by atoms with Gasteiger partial charge in [0, 0.05) is 12.3 Å². The number of aliphatic hydroxyl groups is 2. The largest absolute Gasteiger partial charge is 0.497 e. The van der Waals surface area contributed by atoms with Crippen LogP contribution in [0.5, 0.6) is 5.75 Å². The summed E-state index contributed by atoms with van der Waals surface area (Å²) in [7, 11) is -2.36. The van der Waals surface area contributed by atoms with Crippen LogP contribution in [0.15, 0.2) is 41.9 Å². The second-order valence-electron chi connectivity index (χ2n) is 7.08. The van der Waals surface area contributed by atoms with Crippen LogP contribution in [0.3, 0.4) is 0 Å². The van der Waals surface area contributed by atoms with Gasteiger partial charge in [0.05, 0.1) is 13.4 Å². The van der Waals surface area contributed by atoms with Gasteiger partial charge in [-0.1, -0.05) is 23.9 Å². The number of nitrogens with one attached hydrogen (secondary N) is 1. The summed E-state index contributed by atoms with van der Waals surface area (Å²) in [5.41, 5.74) is 2.00. The molecule has 32 heavy (non-hydrogen) atoms. The number of nitrogens with zero attached hydrogens (tertiary/aromatic N) is 4. The molecule has 1 aliphatic heterocycles. The summed E-state index contributed by atoms with van der Waals surface area (Å²) in [6.45, 7) is -0.294. The number of rotatable bonds is 8. The van der Waals surface area contributed by atoms with Crippen LogP contribution in [-0.4, -0.2) is 70.1 Å². The molecule has 0 amide bonds. The summed E-state index contributed by atoms with van der Waals surface area (Å²) in [5.74, 6) is 1.42. The van der Waals surface area contributed by atoms with Gasteiger partial charge in [-0.2, -0.15) is 13.1 Å². The highest BCUT2D eigenvalue weighted by atomic mass is 32.2. The molecule has 3 heterocycles. The molecule has 0 radical (unpaired) electrons. The third-order valence-electron chi connectivity index (χ3n) is 4.96. The van der Waals surface area contributed by atoms with Crippen LogP contribution in [-0.2, 0) is 20.7 Å². The van der Waals surface area contributed by atoms with Gasteiger partial charge >= 0.3 is 0 Å². The number of methoxy groups -OCH3 is 1. The number of aromatic nitrogens is 4. The molecule has 1 aromatic carbocycles. The lowest BCUT2D eigenvalue weighted by atomic mass is 10.1. The Hall–Kier alpha value is -2.33. The van der Waals surface area contributed by atoms with Gasteiger partial charge < -0.3 is 19.7 Å². The number of hydrogen-bond acceptors (Lipinski definition) is 10. The van der Waals surface area contributed by atoms with Crippen molar-refractivity contribution in [3.63, 3.8) is 0 Å². The lowest BCUT2D eigenvalue weighted by Gasteiger charge is -2.16. The van der Waals surface area contributed by atoms with Crippen LogP contribution in [0.2, 0.25) is 0 Å². The molecule has 0 spiro atoms. The summed E-state index contributed by atoms with van der Waals surface area (Å²) in [6, 6.07) is 7.68. The molecule has 14 heteroatoms. The van der Waals surface area contributed by atoms with Crippen molar-refractivity contribution >= 4 is 33.1 Å². The van der Waals surface area contributed by atoms with Crippen LogP contribution in [0.1, 0.15) is 11.8 Å². The number of hydrogen-bond donors (Lipinski definition) is 4. The maximum absolute atomic E-state index is 11.1. The molecule has 3 aromatic rings. The molecule has 12 nitrogen and oxygen atoms in total. The lowest BCUT2D eigenvalue weighted by molar-refractivity contribution is -0.0330. The van der Waals surface area contributed by atoms with Crippen LogP contribution in [0.4, 0.5) is 0 Å². The fourth-order valence-corrected chi connectivity index (χ4v) is 4.62. The second kappa shape index (κ2) is 9.27. The highest BCUT2D eigenvalue weighted by molar-refractivity contribution is 7.98. The minimum absolute atomic E-state index is 0.294. The van der Waals surface area contributed by atoms with E-state index in [4.69, 9.17) is 14.6 Å². The maximum atomic E-state index is 11.1. The normalized spacial score (nSPS) is 23.6. The molecule has 5 N–H and O–H groups in total. The molecule has 1 aliphatic rings. The summed E-state index contributed by atoms with van der Waals surface area (Å²) in [4.78, 5) is 12.9. The third kappa shape index (κ3) is 4.85. The predicted molar refractivity (Wildman–Crippen MR) is 115 cm³/mol. The van der Waals surface area contributed by atoms with Crippen LogP contribution in [0, 0.1) is 0 Å². The van der Waals surface area contributed by atoms with Gasteiger partial charge in [0.15, 0.2) is 11.9 Å². The van der Waals surface area contributed by atoms with Gasteiger partial charge in [-0.15, -0.1) is 0 Å². The molecular weight excluding hydrogens is 460 g/mol. The van der Waals surface area contributed by atoms with Crippen molar-refractivity contribution < 1.29 is 28.1 Å². The van der Waals surface area contributed by atoms with E-state index in [-0.39, 0.29) is 6.54 Å². The molecule has 1 saturated heterocycles. The van der Waals surface area contributed by atoms with E-state index < -0.39 is 34.7 Å². The Labute approximate surface area is 188 Å². The number of ether oxygens (including phenoxy) is 2. The number of imidazole rings is 1. The zero-order chi connectivity index (χ0) is 22.9. The molecular formula is C18H22N6O6S2. The monoisotopic (exact) mass is 482 g/mol. The lowest BCUT2D eigenvalue weighted by Crippen LogP contribution is -2.42. The molecule has 172 valence electrons. The molecule has 4 atom stereocenters. The van der Waals surface area contributed by atoms with Crippen molar-refractivity contribution in [1.29, 1.82) is 0 Å². The van der Waals surface area contributed by atoms with Gasteiger partial charge in [0.1, 0.15) is 40.9 Å². The summed E-state index contributed by atoms with van der Waals surface area (Å²) in [5, 5.41) is 26.3. The Morgan fingerprint density at radius 3 is 2.66 bits per heavy atom. The van der Waals surface area contributed by atoms with Crippen molar-refractivity contribution in [2.45, 2.75) is 35.3 Å². The SMILES string of the molecule is COc1ccc(CSc2ncnc3c2ncn3[C@@H]2O[C@H](CNS(N)(=O)=O)[C@@H](O)[C@H]2O)cc1. The Balaban J connectivity index is 1.52. The first-order valence-electron chi connectivity index (χ1n) is 9.49. The maximum Gasteiger partial charge on any atom is 0.274 e. The average molecular weight is 483 g/mol. The topological polar surface area (TPSA) is 175 Å². The standard InChI is InChI=1S/C18H22N6O6S2/c1-29-11-4-2-10(3-5-11)7-31-17-13-16(20-8-21-17)24(9-22-13)18-15(26)14(25)12(30-18)6-23-32(19,27)28/h2-5,8-9,12,14-15,18,23,25-26H,6-7H2,1H3,(H2,19,27,28)/t12-,14-,15-,18-/m1/s1. The van der Waals surface area contributed by atoms with Crippen LogP contribution in [0.25, 0.3) is 11.2 Å². The van der Waals surface area contributed by atoms with E-state index in [0.29, 0.717) is 21.9 Å². The zero-order valence-corrected chi connectivity index (χ0v) is 18.5. The fraction of sp³-hybridized carbons (Fsp3) is 0.389. The minimum atomic E-state index is -3.97. The molecule has 0 aliphatic carbocycles. The molecule has 0 bridgehead atoms. The van der Waals surface area contributed by atoms with E-state index in [9.17, 15) is 18.6 Å². The van der Waals surface area contributed by atoms with E-state index >= 15 is 0 Å². The Morgan fingerprint density at radius 1 is 1.22 bits per heavy atom. The molecule has 0 unspecified atom stereocenters. The van der Waals surface area contributed by atoms with Gasteiger partial charge in [-0.05, 0) is 17.7 Å². The number of fused-ring (bicyclic) bond motifs is 1. The van der Waals surface area contributed by atoms with Gasteiger partial charge in [0.25, 0.3) is 10.2 Å². The summed E-state index contributed by atoms with van der Waals surface area (Å²) >= 11 is 1.47. The van der Waals surface area contributed by atoms with Crippen LogP contribution >= 0.6 is 11.8 Å². The number of nitrogens with two attached hydrogens (primary N) is 1. The Kier molecular flexibility index (Phi) is 6.62. The molecule has 0 saturated carbocycles. The van der Waals surface area contributed by atoms with Crippen molar-refractivity contribution in [3.05, 3.63) is 42.5 Å². The van der Waals surface area contributed by atoms with Crippen molar-refractivity contribution in [3.8, 4) is 5.75 Å². The van der Waals surface area contributed by atoms with Gasteiger partial charge in [0.2, 0.25) is 0 Å². The van der Waals surface area contributed by atoms with Crippen molar-refractivity contribution in [1.82, 2.24) is 24.2 Å². The highest BCUT2D eigenvalue weighted by Crippen LogP contribution is 2.33. The molecule has 4 rings (SSSR count). The van der Waals surface area contributed by atoms with Crippen molar-refractivity contribution in [2.75, 3.05) is 13.7 Å². The quantitative estimate of drug-likeness (QED) is 0.243. The summed E-state index contributed by atoms with van der Waals surface area (Å²) < 4.78 is 36.6. The average Bonchev–Trinajstić information content (AvgIpc) is 3.32. The first-order valence-corrected chi connectivity index (χ1v) is 12.0. The number of aliphatic hydroxyl groups excluding tert-OH is 2. The number of benzene rings is 1. The molecule has 2 aromatic heterocycles. The summed E-state index contributed by atoms with van der Waals surface area (Å²) in [6.07, 6.45) is -1.86. The van der Waals surface area contributed by atoms with Crippen molar-refractivity contribution in [2.24, 2.45) is 5.14 Å².